The van der Waals surface area contributed by atoms with Crippen LogP contribution in [-0.4, -0.2) is 8.07 Å². The maximum absolute atomic E-state index is 5.64. The molecule has 0 fully saturated rings. The van der Waals surface area contributed by atoms with Gasteiger partial charge in [-0.15, -0.1) is 0 Å². The molecule has 2 heteroatoms. The van der Waals surface area contributed by atoms with Crippen molar-refractivity contribution in [2.75, 3.05) is 0 Å². The van der Waals surface area contributed by atoms with Gasteiger partial charge in [-0.3, -0.25) is 0 Å². The highest BCUT2D eigenvalue weighted by atomic mass is 28.3. The zero-order valence-corrected chi connectivity index (χ0v) is 9.29. The molecule has 1 heterocycles. The second-order valence-electron chi connectivity index (χ2n) is 4.40. The smallest absolute Gasteiger partial charge is 0.124 e. The van der Waals surface area contributed by atoms with Crippen LogP contribution in [0.15, 0.2) is 34.9 Å². The number of hydrogen-bond acceptors (Lipinski definition) is 1. The Morgan fingerprint density at radius 2 is 1.77 bits per heavy atom. The molecule has 0 aliphatic heterocycles. The van der Waals surface area contributed by atoms with Crippen molar-refractivity contribution in [2.45, 2.75) is 19.6 Å². The maximum Gasteiger partial charge on any atom is 0.124 e. The Bertz CT molecular complexity index is 423. The maximum atomic E-state index is 5.64. The number of benzene rings is 1. The van der Waals surface area contributed by atoms with Crippen LogP contribution >= 0.6 is 0 Å². The largest absolute Gasteiger partial charge is 0.473 e. The summed E-state index contributed by atoms with van der Waals surface area (Å²) in [7, 11) is -1.31. The normalized spacial score (nSPS) is 12.2. The van der Waals surface area contributed by atoms with Crippen LogP contribution < -0.4 is 5.38 Å². The SMILES string of the molecule is C[Si](C)(C)c1occ2ccccc12. The van der Waals surface area contributed by atoms with E-state index in [1.807, 2.05) is 12.3 Å². The minimum atomic E-state index is -1.31. The Kier molecular flexibility index (Phi) is 1.80. The van der Waals surface area contributed by atoms with Gasteiger partial charge in [0.25, 0.3) is 0 Å². The van der Waals surface area contributed by atoms with Crippen molar-refractivity contribution in [2.24, 2.45) is 0 Å². The summed E-state index contributed by atoms with van der Waals surface area (Å²) in [6.45, 7) is 6.91. The van der Waals surface area contributed by atoms with E-state index in [1.165, 1.54) is 16.2 Å². The first-order valence-electron chi connectivity index (χ1n) is 4.56. The molecule has 0 aliphatic rings. The van der Waals surface area contributed by atoms with Crippen molar-refractivity contribution in [3.63, 3.8) is 0 Å². The fourth-order valence-corrected chi connectivity index (χ4v) is 3.02. The lowest BCUT2D eigenvalue weighted by atomic mass is 10.2. The molecule has 2 rings (SSSR count). The number of rotatable bonds is 1. The summed E-state index contributed by atoms with van der Waals surface area (Å²) in [5.74, 6) is 0. The van der Waals surface area contributed by atoms with Crippen molar-refractivity contribution in [1.29, 1.82) is 0 Å². The molecule has 0 saturated heterocycles. The van der Waals surface area contributed by atoms with Crippen molar-refractivity contribution in [1.82, 2.24) is 0 Å². The van der Waals surface area contributed by atoms with E-state index in [0.29, 0.717) is 0 Å². The first kappa shape index (κ1) is 8.57. The van der Waals surface area contributed by atoms with Gasteiger partial charge < -0.3 is 4.42 Å². The monoisotopic (exact) mass is 190 g/mol. The van der Waals surface area contributed by atoms with Gasteiger partial charge in [-0.05, 0) is 0 Å². The molecule has 0 bridgehead atoms. The van der Waals surface area contributed by atoms with E-state index >= 15 is 0 Å². The highest BCUT2D eigenvalue weighted by Gasteiger charge is 2.22. The molecule has 0 saturated carbocycles. The summed E-state index contributed by atoms with van der Waals surface area (Å²) in [4.78, 5) is 0. The molecule has 0 aliphatic carbocycles. The average molecular weight is 190 g/mol. The first-order chi connectivity index (χ1) is 6.09. The van der Waals surface area contributed by atoms with Crippen molar-refractivity contribution in [3.8, 4) is 0 Å². The van der Waals surface area contributed by atoms with E-state index < -0.39 is 8.07 Å². The molecule has 13 heavy (non-hydrogen) atoms. The number of hydrogen-bond donors (Lipinski definition) is 0. The molecule has 1 nitrogen and oxygen atoms in total. The van der Waals surface area contributed by atoms with E-state index in [-0.39, 0.29) is 0 Å². The molecule has 1 aromatic carbocycles. The molecule has 2 aromatic rings. The third kappa shape index (κ3) is 1.42. The molecule has 0 radical (unpaired) electrons. The molecule has 1 aromatic heterocycles. The summed E-state index contributed by atoms with van der Waals surface area (Å²) in [6, 6.07) is 8.36. The highest BCUT2D eigenvalue weighted by molar-refractivity contribution is 6.89. The minimum absolute atomic E-state index is 1.21. The van der Waals surface area contributed by atoms with Crippen LogP contribution in [0, 0.1) is 0 Å². The molecule has 0 spiro atoms. The van der Waals surface area contributed by atoms with E-state index in [9.17, 15) is 0 Å². The molecule has 0 amide bonds. The van der Waals surface area contributed by atoms with Crippen LogP contribution in [0.1, 0.15) is 0 Å². The lowest BCUT2D eigenvalue weighted by Crippen LogP contribution is -2.36. The Morgan fingerprint density at radius 3 is 2.46 bits per heavy atom. The van der Waals surface area contributed by atoms with Gasteiger partial charge in [-0.2, -0.15) is 0 Å². The van der Waals surface area contributed by atoms with Crippen LogP contribution in [0.25, 0.3) is 10.8 Å². The molecule has 0 atom stereocenters. The van der Waals surface area contributed by atoms with Gasteiger partial charge in [0.2, 0.25) is 0 Å². The second-order valence-corrected chi connectivity index (χ2v) is 9.36. The molecule has 0 N–H and O–H groups in total. The van der Waals surface area contributed by atoms with Gasteiger partial charge in [0.15, 0.2) is 0 Å². The van der Waals surface area contributed by atoms with Crippen LogP contribution in [0.4, 0.5) is 0 Å². The summed E-state index contributed by atoms with van der Waals surface area (Å²) in [5.41, 5.74) is 0. The lowest BCUT2D eigenvalue weighted by Gasteiger charge is -2.12. The Balaban J connectivity index is 2.72. The zero-order chi connectivity index (χ0) is 9.47. The Morgan fingerprint density at radius 1 is 1.08 bits per heavy atom. The number of fused-ring (bicyclic) bond motifs is 1. The van der Waals surface area contributed by atoms with E-state index in [2.05, 4.69) is 37.8 Å². The zero-order valence-electron chi connectivity index (χ0n) is 8.29. The molecule has 68 valence electrons. The van der Waals surface area contributed by atoms with E-state index in [1.54, 1.807) is 0 Å². The summed E-state index contributed by atoms with van der Waals surface area (Å²) >= 11 is 0. The van der Waals surface area contributed by atoms with Crippen LogP contribution in [-0.2, 0) is 0 Å². The average Bonchev–Trinajstić information content (AvgIpc) is 2.45. The van der Waals surface area contributed by atoms with Gasteiger partial charge in [-0.25, -0.2) is 0 Å². The third-order valence-corrected chi connectivity index (χ3v) is 3.94. The van der Waals surface area contributed by atoms with Gasteiger partial charge in [-0.1, -0.05) is 43.9 Å². The predicted molar refractivity (Wildman–Crippen MR) is 59.2 cm³/mol. The highest BCUT2D eigenvalue weighted by Crippen LogP contribution is 2.16. The van der Waals surface area contributed by atoms with Gasteiger partial charge in [0, 0.05) is 10.8 Å². The molecule has 0 unspecified atom stereocenters. The number of furan rings is 1. The van der Waals surface area contributed by atoms with Crippen LogP contribution in [0.3, 0.4) is 0 Å². The Hall–Kier alpha value is -1.02. The summed E-state index contributed by atoms with van der Waals surface area (Å²) in [5, 5.41) is 3.73. The van der Waals surface area contributed by atoms with Crippen molar-refractivity contribution < 1.29 is 4.42 Å². The molecular weight excluding hydrogens is 176 g/mol. The Labute approximate surface area is 79.4 Å². The summed E-state index contributed by atoms with van der Waals surface area (Å²) < 4.78 is 5.64. The second kappa shape index (κ2) is 2.74. The van der Waals surface area contributed by atoms with Gasteiger partial charge in [0.05, 0.1) is 11.6 Å². The lowest BCUT2D eigenvalue weighted by molar-refractivity contribution is 0.602. The van der Waals surface area contributed by atoms with E-state index in [4.69, 9.17) is 4.42 Å². The topological polar surface area (TPSA) is 13.1 Å². The van der Waals surface area contributed by atoms with Crippen LogP contribution in [0.5, 0.6) is 0 Å². The third-order valence-electron chi connectivity index (χ3n) is 2.19. The summed E-state index contributed by atoms with van der Waals surface area (Å²) in [6.07, 6.45) is 1.86. The fraction of sp³-hybridized carbons (Fsp3) is 0.273. The fourth-order valence-electron chi connectivity index (χ4n) is 1.57. The van der Waals surface area contributed by atoms with Crippen molar-refractivity contribution in [3.05, 3.63) is 30.5 Å². The van der Waals surface area contributed by atoms with Gasteiger partial charge in [0.1, 0.15) is 8.07 Å². The first-order valence-corrected chi connectivity index (χ1v) is 8.06. The quantitative estimate of drug-likeness (QED) is 0.630. The predicted octanol–water partition coefficient (Wildman–Crippen LogP) is 2.98. The van der Waals surface area contributed by atoms with Gasteiger partial charge >= 0.3 is 0 Å². The van der Waals surface area contributed by atoms with Crippen LogP contribution in [0.2, 0.25) is 19.6 Å². The molecular formula is C11H14OSi. The van der Waals surface area contributed by atoms with E-state index in [0.717, 1.165) is 0 Å². The van der Waals surface area contributed by atoms with Crippen molar-refractivity contribution >= 4 is 24.2 Å². The standard InChI is InChI=1S/C11H14OSi/c1-13(2,3)11-10-7-5-4-6-9(10)8-12-11/h4-8H,1-3H3. The minimum Gasteiger partial charge on any atom is -0.473 e.